The van der Waals surface area contributed by atoms with Gasteiger partial charge in [-0.3, -0.25) is 4.79 Å². The fourth-order valence-electron chi connectivity index (χ4n) is 1.62. The summed E-state index contributed by atoms with van der Waals surface area (Å²) >= 11 is 0. The van der Waals surface area contributed by atoms with Crippen LogP contribution in [0.4, 0.5) is 0 Å². The Balaban J connectivity index is 2.57. The molecule has 0 aliphatic rings. The Morgan fingerprint density at radius 1 is 1.29 bits per heavy atom. The average Bonchev–Trinajstić information content (AvgIpc) is 2.30. The predicted octanol–water partition coefficient (Wildman–Crippen LogP) is 2.02. The highest BCUT2D eigenvalue weighted by Gasteiger charge is 2.14. The van der Waals surface area contributed by atoms with E-state index < -0.39 is 0 Å². The van der Waals surface area contributed by atoms with E-state index in [0.717, 1.165) is 6.42 Å². The van der Waals surface area contributed by atoms with Crippen LogP contribution in [0.2, 0.25) is 0 Å². The predicted molar refractivity (Wildman–Crippen MR) is 68.8 cm³/mol. The van der Waals surface area contributed by atoms with Crippen LogP contribution in [0.5, 0.6) is 0 Å². The smallest absolute Gasteiger partial charge is 0.222 e. The van der Waals surface area contributed by atoms with Crippen LogP contribution in [0.25, 0.3) is 0 Å². The lowest BCUT2D eigenvalue weighted by Crippen LogP contribution is -2.41. The summed E-state index contributed by atoms with van der Waals surface area (Å²) in [6, 6.07) is 10.2. The maximum Gasteiger partial charge on any atom is 0.222 e. The lowest BCUT2D eigenvalue weighted by molar-refractivity contribution is -0.125. The highest BCUT2D eigenvalue weighted by atomic mass is 16.5. The van der Waals surface area contributed by atoms with Crippen LogP contribution in [-0.4, -0.2) is 25.7 Å². The Bertz CT molecular complexity index is 335. The number of benzene rings is 1. The molecule has 1 aromatic carbocycles. The second-order valence-corrected chi connectivity index (χ2v) is 4.51. The van der Waals surface area contributed by atoms with Gasteiger partial charge in [0.05, 0.1) is 12.6 Å². The van der Waals surface area contributed by atoms with Gasteiger partial charge in [0.1, 0.15) is 0 Å². The second kappa shape index (κ2) is 7.07. The first-order valence-corrected chi connectivity index (χ1v) is 5.96. The molecule has 0 fully saturated rings. The van der Waals surface area contributed by atoms with Gasteiger partial charge >= 0.3 is 0 Å². The van der Waals surface area contributed by atoms with Crippen LogP contribution in [0, 0.1) is 5.92 Å². The molecule has 1 atom stereocenters. The molecule has 94 valence electrons. The number of methoxy groups -OCH3 is 1. The van der Waals surface area contributed by atoms with E-state index in [1.54, 1.807) is 7.11 Å². The molecule has 0 bridgehead atoms. The van der Waals surface area contributed by atoms with Crippen molar-refractivity contribution >= 4 is 5.91 Å². The topological polar surface area (TPSA) is 38.3 Å². The van der Waals surface area contributed by atoms with Crippen LogP contribution in [0.1, 0.15) is 19.4 Å². The van der Waals surface area contributed by atoms with E-state index in [2.05, 4.69) is 17.4 Å². The minimum atomic E-state index is 0.00475. The molecule has 0 radical (unpaired) electrons. The number of carbonyl (C=O) groups excluding carboxylic acids is 1. The third-order valence-corrected chi connectivity index (χ3v) is 2.56. The number of amides is 1. The number of hydrogen-bond donors (Lipinski definition) is 1. The standard InChI is InChI=1S/C14H21NO2/c1-11(2)14(16)15-13(10-17-3)9-12-7-5-4-6-8-12/h4-8,11,13H,9-10H2,1-3H3,(H,15,16)/t13-/m0/s1. The largest absolute Gasteiger partial charge is 0.383 e. The molecule has 0 aliphatic heterocycles. The van der Waals surface area contributed by atoms with Gasteiger partial charge in [0.15, 0.2) is 0 Å². The van der Waals surface area contributed by atoms with E-state index in [0.29, 0.717) is 6.61 Å². The van der Waals surface area contributed by atoms with Crippen molar-refractivity contribution in [3.63, 3.8) is 0 Å². The van der Waals surface area contributed by atoms with Gasteiger partial charge in [-0.15, -0.1) is 0 Å². The van der Waals surface area contributed by atoms with Gasteiger partial charge in [-0.2, -0.15) is 0 Å². The quantitative estimate of drug-likeness (QED) is 0.819. The summed E-state index contributed by atoms with van der Waals surface area (Å²) in [7, 11) is 1.65. The van der Waals surface area contributed by atoms with E-state index in [4.69, 9.17) is 4.74 Å². The molecule has 3 heteroatoms. The normalized spacial score (nSPS) is 12.5. The molecule has 1 amide bonds. The third-order valence-electron chi connectivity index (χ3n) is 2.56. The highest BCUT2D eigenvalue weighted by Crippen LogP contribution is 2.04. The Morgan fingerprint density at radius 3 is 2.47 bits per heavy atom. The first kappa shape index (κ1) is 13.7. The number of rotatable bonds is 6. The summed E-state index contributed by atoms with van der Waals surface area (Å²) in [5, 5.41) is 3.00. The molecule has 1 rings (SSSR count). The Morgan fingerprint density at radius 2 is 1.94 bits per heavy atom. The number of ether oxygens (including phenoxy) is 1. The van der Waals surface area contributed by atoms with Crippen molar-refractivity contribution in [2.75, 3.05) is 13.7 Å². The molecule has 17 heavy (non-hydrogen) atoms. The van der Waals surface area contributed by atoms with Crippen LogP contribution in [-0.2, 0) is 16.0 Å². The molecule has 0 saturated heterocycles. The molecule has 0 unspecified atom stereocenters. The maximum absolute atomic E-state index is 11.7. The van der Waals surface area contributed by atoms with E-state index in [1.807, 2.05) is 32.0 Å². The van der Waals surface area contributed by atoms with E-state index in [1.165, 1.54) is 5.56 Å². The van der Waals surface area contributed by atoms with Crippen molar-refractivity contribution < 1.29 is 9.53 Å². The highest BCUT2D eigenvalue weighted by molar-refractivity contribution is 5.78. The first-order chi connectivity index (χ1) is 8.13. The minimum Gasteiger partial charge on any atom is -0.383 e. The molecule has 1 aromatic rings. The lowest BCUT2D eigenvalue weighted by Gasteiger charge is -2.19. The van der Waals surface area contributed by atoms with Gasteiger partial charge in [-0.25, -0.2) is 0 Å². The number of carbonyl (C=O) groups is 1. The fourth-order valence-corrected chi connectivity index (χ4v) is 1.62. The summed E-state index contributed by atoms with van der Waals surface area (Å²) in [5.74, 6) is 0.0770. The summed E-state index contributed by atoms with van der Waals surface area (Å²) in [4.78, 5) is 11.7. The fraction of sp³-hybridized carbons (Fsp3) is 0.500. The van der Waals surface area contributed by atoms with E-state index >= 15 is 0 Å². The molecule has 1 N–H and O–H groups in total. The summed E-state index contributed by atoms with van der Waals surface area (Å²) in [6.45, 7) is 4.32. The zero-order chi connectivity index (χ0) is 12.7. The molecule has 0 aliphatic carbocycles. The number of nitrogens with one attached hydrogen (secondary N) is 1. The number of hydrogen-bond acceptors (Lipinski definition) is 2. The zero-order valence-electron chi connectivity index (χ0n) is 10.8. The van der Waals surface area contributed by atoms with Gasteiger partial charge < -0.3 is 10.1 Å². The van der Waals surface area contributed by atoms with Gasteiger partial charge in [0.25, 0.3) is 0 Å². The van der Waals surface area contributed by atoms with Crippen molar-refractivity contribution in [1.82, 2.24) is 5.32 Å². The Hall–Kier alpha value is -1.35. The van der Waals surface area contributed by atoms with Crippen LogP contribution in [0.15, 0.2) is 30.3 Å². The van der Waals surface area contributed by atoms with E-state index in [9.17, 15) is 4.79 Å². The molecular weight excluding hydrogens is 214 g/mol. The SMILES string of the molecule is COC[C@H](Cc1ccccc1)NC(=O)C(C)C. The van der Waals surface area contributed by atoms with Crippen molar-refractivity contribution in [2.45, 2.75) is 26.3 Å². The molecular formula is C14H21NO2. The summed E-state index contributed by atoms with van der Waals surface area (Å²) < 4.78 is 5.14. The van der Waals surface area contributed by atoms with Crippen LogP contribution < -0.4 is 5.32 Å². The van der Waals surface area contributed by atoms with Gasteiger partial charge in [0, 0.05) is 13.0 Å². The minimum absolute atomic E-state index is 0.00475. The molecule has 3 nitrogen and oxygen atoms in total. The van der Waals surface area contributed by atoms with Crippen molar-refractivity contribution in [1.29, 1.82) is 0 Å². The molecule has 0 spiro atoms. The van der Waals surface area contributed by atoms with Gasteiger partial charge in [-0.05, 0) is 12.0 Å². The Kier molecular flexibility index (Phi) is 5.70. The molecule has 0 saturated carbocycles. The lowest BCUT2D eigenvalue weighted by atomic mass is 10.1. The van der Waals surface area contributed by atoms with Gasteiger partial charge in [0.2, 0.25) is 5.91 Å². The maximum atomic E-state index is 11.7. The summed E-state index contributed by atoms with van der Waals surface area (Å²) in [6.07, 6.45) is 0.799. The third kappa shape index (κ3) is 5.00. The van der Waals surface area contributed by atoms with Crippen LogP contribution >= 0.6 is 0 Å². The average molecular weight is 235 g/mol. The van der Waals surface area contributed by atoms with Crippen molar-refractivity contribution in [3.05, 3.63) is 35.9 Å². The molecule has 0 heterocycles. The monoisotopic (exact) mass is 235 g/mol. The van der Waals surface area contributed by atoms with Crippen LogP contribution in [0.3, 0.4) is 0 Å². The Labute approximate surface area is 103 Å². The summed E-state index contributed by atoms with van der Waals surface area (Å²) in [5.41, 5.74) is 1.21. The zero-order valence-corrected chi connectivity index (χ0v) is 10.8. The first-order valence-electron chi connectivity index (χ1n) is 5.96. The van der Waals surface area contributed by atoms with E-state index in [-0.39, 0.29) is 17.9 Å². The van der Waals surface area contributed by atoms with Crippen molar-refractivity contribution in [3.8, 4) is 0 Å². The molecule has 0 aromatic heterocycles. The van der Waals surface area contributed by atoms with Gasteiger partial charge in [-0.1, -0.05) is 44.2 Å². The second-order valence-electron chi connectivity index (χ2n) is 4.51. The van der Waals surface area contributed by atoms with Crippen molar-refractivity contribution in [2.24, 2.45) is 5.92 Å².